The second-order valence-electron chi connectivity index (χ2n) is 7.07. The first-order valence-corrected chi connectivity index (χ1v) is 9.20. The summed E-state index contributed by atoms with van der Waals surface area (Å²) in [5.41, 5.74) is 0.660. The summed E-state index contributed by atoms with van der Waals surface area (Å²) in [6.45, 7) is 4.95. The third-order valence-electron chi connectivity index (χ3n) is 5.43. The van der Waals surface area contributed by atoms with E-state index in [9.17, 15) is 4.79 Å². The highest BCUT2D eigenvalue weighted by Crippen LogP contribution is 2.32. The molecule has 0 saturated carbocycles. The average molecular weight is 346 g/mol. The van der Waals surface area contributed by atoms with E-state index in [4.69, 9.17) is 14.2 Å². The number of likely N-dealkylation sites (tertiary alicyclic amines) is 2. The molecule has 1 aromatic carbocycles. The second-order valence-corrected chi connectivity index (χ2v) is 7.07. The lowest BCUT2D eigenvalue weighted by Crippen LogP contribution is -2.42. The molecule has 0 spiro atoms. The molecule has 25 heavy (non-hydrogen) atoms. The molecule has 0 bridgehead atoms. The molecular formula is C19H26N2O4. The van der Waals surface area contributed by atoms with Gasteiger partial charge in [-0.25, -0.2) is 0 Å². The zero-order chi connectivity index (χ0) is 17.2. The standard InChI is InChI=1S/C19H26N2O4/c1-23-16-11-15(12-20-6-2-3-7-20)21(13-16)19(22)14-4-5-17-18(10-14)25-9-8-24-17/h4-5,10,15-16H,2-3,6-9,11-13H2,1H3/t15-,16-/m0/s1. The van der Waals surface area contributed by atoms with Gasteiger partial charge in [-0.2, -0.15) is 0 Å². The number of rotatable bonds is 4. The van der Waals surface area contributed by atoms with Crippen molar-refractivity contribution in [3.05, 3.63) is 23.8 Å². The number of ether oxygens (including phenoxy) is 3. The minimum absolute atomic E-state index is 0.0562. The largest absolute Gasteiger partial charge is 0.486 e. The number of carbonyl (C=O) groups excluding carboxylic acids is 1. The molecule has 4 rings (SSSR count). The number of fused-ring (bicyclic) bond motifs is 1. The van der Waals surface area contributed by atoms with Crippen LogP contribution in [-0.2, 0) is 4.74 Å². The summed E-state index contributed by atoms with van der Waals surface area (Å²) in [4.78, 5) is 17.6. The molecule has 2 fully saturated rings. The fourth-order valence-corrected chi connectivity index (χ4v) is 4.07. The molecule has 0 aromatic heterocycles. The molecule has 3 aliphatic rings. The third kappa shape index (κ3) is 3.46. The maximum atomic E-state index is 13.1. The Labute approximate surface area is 148 Å². The van der Waals surface area contributed by atoms with Gasteiger partial charge in [-0.15, -0.1) is 0 Å². The van der Waals surface area contributed by atoms with E-state index in [2.05, 4.69) is 4.90 Å². The van der Waals surface area contributed by atoms with Crippen LogP contribution in [0.1, 0.15) is 29.6 Å². The molecule has 136 valence electrons. The minimum atomic E-state index is 0.0562. The summed E-state index contributed by atoms with van der Waals surface area (Å²) in [6, 6.07) is 5.69. The van der Waals surface area contributed by atoms with Gasteiger partial charge >= 0.3 is 0 Å². The number of carbonyl (C=O) groups is 1. The van der Waals surface area contributed by atoms with Crippen molar-refractivity contribution >= 4 is 5.91 Å². The molecule has 0 unspecified atom stereocenters. The van der Waals surface area contributed by atoms with Crippen LogP contribution in [0.5, 0.6) is 11.5 Å². The van der Waals surface area contributed by atoms with E-state index in [0.717, 1.165) is 26.1 Å². The van der Waals surface area contributed by atoms with Crippen LogP contribution < -0.4 is 9.47 Å². The zero-order valence-electron chi connectivity index (χ0n) is 14.8. The van der Waals surface area contributed by atoms with Gasteiger partial charge in [-0.05, 0) is 50.6 Å². The Morgan fingerprint density at radius 3 is 2.72 bits per heavy atom. The zero-order valence-corrected chi connectivity index (χ0v) is 14.8. The van der Waals surface area contributed by atoms with E-state index in [1.165, 1.54) is 12.8 Å². The SMILES string of the molecule is CO[C@H]1C[C@@H](CN2CCCC2)N(C(=O)c2ccc3c(c2)OCCO3)C1. The lowest BCUT2D eigenvalue weighted by molar-refractivity contribution is 0.0669. The monoisotopic (exact) mass is 346 g/mol. The number of hydrogen-bond acceptors (Lipinski definition) is 5. The van der Waals surface area contributed by atoms with Crippen molar-refractivity contribution in [3.8, 4) is 11.5 Å². The predicted molar refractivity (Wildman–Crippen MR) is 93.3 cm³/mol. The van der Waals surface area contributed by atoms with Crippen LogP contribution >= 0.6 is 0 Å². The Hall–Kier alpha value is -1.79. The summed E-state index contributed by atoms with van der Waals surface area (Å²) in [5, 5.41) is 0. The molecule has 3 aliphatic heterocycles. The van der Waals surface area contributed by atoms with E-state index in [0.29, 0.717) is 36.8 Å². The molecule has 6 nitrogen and oxygen atoms in total. The van der Waals surface area contributed by atoms with Crippen molar-refractivity contribution < 1.29 is 19.0 Å². The number of benzene rings is 1. The molecule has 0 N–H and O–H groups in total. The van der Waals surface area contributed by atoms with Crippen molar-refractivity contribution in [2.45, 2.75) is 31.4 Å². The van der Waals surface area contributed by atoms with Gasteiger partial charge in [0.05, 0.1) is 6.10 Å². The van der Waals surface area contributed by atoms with Crippen molar-refractivity contribution in [2.75, 3.05) is 46.5 Å². The highest BCUT2D eigenvalue weighted by Gasteiger charge is 2.37. The van der Waals surface area contributed by atoms with Crippen molar-refractivity contribution in [3.63, 3.8) is 0 Å². The van der Waals surface area contributed by atoms with E-state index in [-0.39, 0.29) is 18.1 Å². The van der Waals surface area contributed by atoms with Gasteiger partial charge in [0.15, 0.2) is 11.5 Å². The lowest BCUT2D eigenvalue weighted by Gasteiger charge is -2.28. The van der Waals surface area contributed by atoms with Crippen LogP contribution in [0.3, 0.4) is 0 Å². The number of methoxy groups -OCH3 is 1. The van der Waals surface area contributed by atoms with Gasteiger partial charge < -0.3 is 24.0 Å². The Morgan fingerprint density at radius 2 is 1.96 bits per heavy atom. The number of nitrogens with zero attached hydrogens (tertiary/aromatic N) is 2. The molecule has 0 aliphatic carbocycles. The lowest BCUT2D eigenvalue weighted by atomic mass is 10.1. The van der Waals surface area contributed by atoms with Crippen LogP contribution in [0.2, 0.25) is 0 Å². The van der Waals surface area contributed by atoms with Crippen LogP contribution in [0, 0.1) is 0 Å². The fourth-order valence-electron chi connectivity index (χ4n) is 4.07. The van der Waals surface area contributed by atoms with Crippen molar-refractivity contribution in [2.24, 2.45) is 0 Å². The topological polar surface area (TPSA) is 51.2 Å². The first kappa shape index (κ1) is 16.7. The Balaban J connectivity index is 1.51. The molecule has 3 heterocycles. The Morgan fingerprint density at radius 1 is 1.20 bits per heavy atom. The van der Waals surface area contributed by atoms with Gasteiger partial charge in [-0.3, -0.25) is 4.79 Å². The van der Waals surface area contributed by atoms with Gasteiger partial charge in [-0.1, -0.05) is 0 Å². The Kier molecular flexibility index (Phi) is 4.81. The summed E-state index contributed by atoms with van der Waals surface area (Å²) < 4.78 is 16.7. The van der Waals surface area contributed by atoms with Crippen molar-refractivity contribution in [1.82, 2.24) is 9.80 Å². The first-order chi connectivity index (χ1) is 12.2. The highest BCUT2D eigenvalue weighted by molar-refractivity contribution is 5.95. The molecule has 1 amide bonds. The van der Waals surface area contributed by atoms with Crippen LogP contribution in [0.4, 0.5) is 0 Å². The van der Waals surface area contributed by atoms with Crippen LogP contribution in [-0.4, -0.2) is 74.4 Å². The summed E-state index contributed by atoms with van der Waals surface area (Å²) >= 11 is 0. The molecule has 2 saturated heterocycles. The molecular weight excluding hydrogens is 320 g/mol. The van der Waals surface area contributed by atoms with E-state index >= 15 is 0 Å². The van der Waals surface area contributed by atoms with Crippen LogP contribution in [0.25, 0.3) is 0 Å². The summed E-state index contributed by atoms with van der Waals surface area (Å²) in [6.07, 6.45) is 3.55. The molecule has 6 heteroatoms. The maximum Gasteiger partial charge on any atom is 0.254 e. The maximum absolute atomic E-state index is 13.1. The quantitative estimate of drug-likeness (QED) is 0.832. The van der Waals surface area contributed by atoms with Crippen LogP contribution in [0.15, 0.2) is 18.2 Å². The fraction of sp³-hybridized carbons (Fsp3) is 0.632. The second kappa shape index (κ2) is 7.22. The molecule has 1 aromatic rings. The third-order valence-corrected chi connectivity index (χ3v) is 5.43. The average Bonchev–Trinajstić information content (AvgIpc) is 3.31. The van der Waals surface area contributed by atoms with Gasteiger partial charge in [0.2, 0.25) is 0 Å². The number of amides is 1. The smallest absolute Gasteiger partial charge is 0.254 e. The van der Waals surface area contributed by atoms with Gasteiger partial charge in [0.25, 0.3) is 5.91 Å². The summed E-state index contributed by atoms with van der Waals surface area (Å²) in [7, 11) is 1.73. The van der Waals surface area contributed by atoms with E-state index < -0.39 is 0 Å². The molecule has 2 atom stereocenters. The minimum Gasteiger partial charge on any atom is -0.486 e. The van der Waals surface area contributed by atoms with Gasteiger partial charge in [0.1, 0.15) is 13.2 Å². The van der Waals surface area contributed by atoms with E-state index in [1.54, 1.807) is 7.11 Å². The van der Waals surface area contributed by atoms with E-state index in [1.807, 2.05) is 23.1 Å². The highest BCUT2D eigenvalue weighted by atomic mass is 16.6. The van der Waals surface area contributed by atoms with Gasteiger partial charge in [0, 0.05) is 31.8 Å². The summed E-state index contributed by atoms with van der Waals surface area (Å²) in [5.74, 6) is 1.43. The Bertz CT molecular complexity index is 630. The van der Waals surface area contributed by atoms with Crippen molar-refractivity contribution in [1.29, 1.82) is 0 Å². The first-order valence-electron chi connectivity index (χ1n) is 9.20. The predicted octanol–water partition coefficient (Wildman–Crippen LogP) is 1.78. The molecule has 0 radical (unpaired) electrons. The normalized spacial score (nSPS) is 26.2. The number of hydrogen-bond donors (Lipinski definition) is 0.